The smallest absolute Gasteiger partial charge is 0.107 e. The van der Waals surface area contributed by atoms with E-state index in [1.54, 1.807) is 0 Å². The summed E-state index contributed by atoms with van der Waals surface area (Å²) in [6, 6.07) is 19.5. The third-order valence-electron chi connectivity index (χ3n) is 5.88. The highest BCUT2D eigenvalue weighted by Gasteiger charge is 2.27. The van der Waals surface area contributed by atoms with Crippen LogP contribution in [0, 0.1) is 0 Å². The molecular formula is C25H34FN. The molecule has 2 atom stereocenters. The predicted molar refractivity (Wildman–Crippen MR) is 113 cm³/mol. The van der Waals surface area contributed by atoms with Crippen molar-refractivity contribution in [2.45, 2.75) is 64.0 Å². The summed E-state index contributed by atoms with van der Waals surface area (Å²) in [5, 5.41) is 0. The van der Waals surface area contributed by atoms with Crippen molar-refractivity contribution >= 4 is 0 Å². The number of halogens is 1. The molecule has 0 aromatic heterocycles. The normalized spacial score (nSPS) is 19.7. The van der Waals surface area contributed by atoms with E-state index in [4.69, 9.17) is 0 Å². The van der Waals surface area contributed by atoms with Gasteiger partial charge in [-0.1, -0.05) is 61.5 Å². The van der Waals surface area contributed by atoms with Crippen molar-refractivity contribution < 1.29 is 4.39 Å². The van der Waals surface area contributed by atoms with Crippen molar-refractivity contribution in [1.29, 1.82) is 0 Å². The number of benzene rings is 2. The number of rotatable bonds is 10. The summed E-state index contributed by atoms with van der Waals surface area (Å²) in [5.41, 5.74) is 4.00. The lowest BCUT2D eigenvalue weighted by Crippen LogP contribution is -2.28. The van der Waals surface area contributed by atoms with Crippen molar-refractivity contribution in [3.63, 3.8) is 0 Å². The molecule has 1 aliphatic rings. The lowest BCUT2D eigenvalue weighted by molar-refractivity contribution is 0.274. The summed E-state index contributed by atoms with van der Waals surface area (Å²) in [7, 11) is 0. The molecule has 0 spiro atoms. The number of hydrogen-bond acceptors (Lipinski definition) is 1. The fraction of sp³-hybridized carbons (Fsp3) is 0.520. The lowest BCUT2D eigenvalue weighted by atomic mass is 9.95. The first kappa shape index (κ1) is 20.1. The van der Waals surface area contributed by atoms with Crippen molar-refractivity contribution in [2.24, 2.45) is 0 Å². The highest BCUT2D eigenvalue weighted by atomic mass is 19.1. The van der Waals surface area contributed by atoms with E-state index in [-0.39, 0.29) is 5.92 Å². The maximum atomic E-state index is 13.9. The first-order valence-electron chi connectivity index (χ1n) is 10.8. The third-order valence-corrected chi connectivity index (χ3v) is 5.88. The first-order valence-corrected chi connectivity index (χ1v) is 10.8. The van der Waals surface area contributed by atoms with E-state index in [1.165, 1.54) is 36.1 Å². The van der Waals surface area contributed by atoms with Crippen LogP contribution < -0.4 is 0 Å². The van der Waals surface area contributed by atoms with Crippen LogP contribution in [0.4, 0.5) is 4.39 Å². The molecule has 1 aliphatic carbocycles. The molecule has 0 radical (unpaired) electrons. The van der Waals surface area contributed by atoms with Gasteiger partial charge >= 0.3 is 0 Å². The summed E-state index contributed by atoms with van der Waals surface area (Å²) < 4.78 is 13.9. The molecule has 2 heteroatoms. The Morgan fingerprint density at radius 1 is 0.852 bits per heavy atom. The van der Waals surface area contributed by atoms with Crippen LogP contribution in [0.25, 0.3) is 0 Å². The average Bonchev–Trinajstić information content (AvgIpc) is 3.13. The Bertz CT molecular complexity index is 652. The molecule has 146 valence electrons. The number of alkyl halides is 1. The average molecular weight is 368 g/mol. The Balaban J connectivity index is 1.43. The van der Waals surface area contributed by atoms with Gasteiger partial charge in [0.1, 0.15) is 6.17 Å². The Kier molecular flexibility index (Phi) is 7.89. The van der Waals surface area contributed by atoms with Gasteiger partial charge in [0.05, 0.1) is 0 Å². The largest absolute Gasteiger partial charge is 0.303 e. The molecule has 2 aromatic rings. The molecule has 0 heterocycles. The van der Waals surface area contributed by atoms with E-state index in [1.807, 2.05) is 0 Å². The Morgan fingerprint density at radius 2 is 1.59 bits per heavy atom. The third kappa shape index (κ3) is 6.17. The fourth-order valence-corrected chi connectivity index (χ4v) is 4.31. The topological polar surface area (TPSA) is 3.24 Å². The minimum Gasteiger partial charge on any atom is -0.303 e. The maximum absolute atomic E-state index is 13.9. The molecule has 1 fully saturated rings. The zero-order valence-corrected chi connectivity index (χ0v) is 16.7. The molecule has 27 heavy (non-hydrogen) atoms. The van der Waals surface area contributed by atoms with Crippen LogP contribution in [0.2, 0.25) is 0 Å². The molecule has 2 unspecified atom stereocenters. The molecule has 1 saturated carbocycles. The fourth-order valence-electron chi connectivity index (χ4n) is 4.31. The highest BCUT2D eigenvalue weighted by Crippen LogP contribution is 2.36. The summed E-state index contributed by atoms with van der Waals surface area (Å²) in [6.07, 6.45) is 6.76. The lowest BCUT2D eigenvalue weighted by Gasteiger charge is -2.21. The number of hydrogen-bond donors (Lipinski definition) is 0. The summed E-state index contributed by atoms with van der Waals surface area (Å²) in [4.78, 5) is 2.59. The van der Waals surface area contributed by atoms with Crippen molar-refractivity contribution in [3.05, 3.63) is 71.3 Å². The zero-order valence-electron chi connectivity index (χ0n) is 16.7. The van der Waals surface area contributed by atoms with E-state index in [9.17, 15) is 4.39 Å². The van der Waals surface area contributed by atoms with E-state index in [0.717, 1.165) is 45.2 Å². The first-order chi connectivity index (χ1) is 13.3. The molecule has 0 aliphatic heterocycles. The Morgan fingerprint density at radius 3 is 2.26 bits per heavy atom. The van der Waals surface area contributed by atoms with Crippen LogP contribution in [0.5, 0.6) is 0 Å². The molecule has 0 bridgehead atoms. The van der Waals surface area contributed by atoms with Gasteiger partial charge in [0.25, 0.3) is 0 Å². The van der Waals surface area contributed by atoms with Gasteiger partial charge in [-0.05, 0) is 74.7 Å². The summed E-state index contributed by atoms with van der Waals surface area (Å²) >= 11 is 0. The van der Waals surface area contributed by atoms with Crippen LogP contribution in [-0.4, -0.2) is 30.7 Å². The zero-order chi connectivity index (χ0) is 18.9. The molecular weight excluding hydrogens is 333 g/mol. The molecule has 3 rings (SSSR count). The van der Waals surface area contributed by atoms with Crippen molar-refractivity contribution in [2.75, 3.05) is 19.6 Å². The van der Waals surface area contributed by atoms with Gasteiger partial charge in [-0.25, -0.2) is 4.39 Å². The monoisotopic (exact) mass is 367 g/mol. The van der Waals surface area contributed by atoms with E-state index < -0.39 is 6.17 Å². The van der Waals surface area contributed by atoms with E-state index in [2.05, 4.69) is 66.4 Å². The van der Waals surface area contributed by atoms with Gasteiger partial charge in [-0.3, -0.25) is 0 Å². The van der Waals surface area contributed by atoms with Gasteiger partial charge in [-0.2, -0.15) is 0 Å². The molecule has 2 aromatic carbocycles. The molecule has 0 saturated heterocycles. The summed E-state index contributed by atoms with van der Waals surface area (Å²) in [6.45, 7) is 5.72. The second kappa shape index (κ2) is 10.6. The van der Waals surface area contributed by atoms with Crippen molar-refractivity contribution in [1.82, 2.24) is 4.90 Å². The Hall–Kier alpha value is -1.67. The predicted octanol–water partition coefficient (Wildman–Crippen LogP) is 6.18. The van der Waals surface area contributed by atoms with E-state index >= 15 is 0 Å². The quantitative estimate of drug-likeness (QED) is 0.485. The van der Waals surface area contributed by atoms with Crippen LogP contribution in [0.15, 0.2) is 54.6 Å². The SMILES string of the molecule is CCCN(CCCc1ccc(C2CCCC2F)cc1)CCc1ccccc1. The minimum absolute atomic E-state index is 0.136. The minimum atomic E-state index is -0.636. The van der Waals surface area contributed by atoms with Gasteiger partial charge in [-0.15, -0.1) is 0 Å². The number of nitrogens with zero attached hydrogens (tertiary/aromatic N) is 1. The highest BCUT2D eigenvalue weighted by molar-refractivity contribution is 5.27. The molecule has 1 nitrogen and oxygen atoms in total. The second-order valence-corrected chi connectivity index (χ2v) is 7.98. The van der Waals surface area contributed by atoms with Crippen LogP contribution in [0.3, 0.4) is 0 Å². The van der Waals surface area contributed by atoms with Gasteiger partial charge in [0.2, 0.25) is 0 Å². The van der Waals surface area contributed by atoms with Crippen LogP contribution >= 0.6 is 0 Å². The van der Waals surface area contributed by atoms with Crippen LogP contribution in [0.1, 0.15) is 61.6 Å². The van der Waals surface area contributed by atoms with Crippen LogP contribution in [-0.2, 0) is 12.8 Å². The molecule has 0 amide bonds. The Labute approximate surface area is 164 Å². The number of aryl methyl sites for hydroxylation is 1. The van der Waals surface area contributed by atoms with Gasteiger partial charge in [0.15, 0.2) is 0 Å². The van der Waals surface area contributed by atoms with Gasteiger partial charge < -0.3 is 4.90 Å². The standard InChI is InChI=1S/C25H34FN/c1-2-18-27(20-17-21-8-4-3-5-9-21)19-7-10-22-13-15-23(16-14-22)24-11-6-12-25(24)26/h3-5,8-9,13-16,24-25H,2,6-7,10-12,17-20H2,1H3. The summed E-state index contributed by atoms with van der Waals surface area (Å²) in [5.74, 6) is 0.136. The van der Waals surface area contributed by atoms with Gasteiger partial charge in [0, 0.05) is 12.5 Å². The molecule has 0 N–H and O–H groups in total. The maximum Gasteiger partial charge on any atom is 0.107 e. The van der Waals surface area contributed by atoms with Crippen molar-refractivity contribution in [3.8, 4) is 0 Å². The van der Waals surface area contributed by atoms with E-state index in [0.29, 0.717) is 0 Å². The second-order valence-electron chi connectivity index (χ2n) is 7.98.